The number of carbonyl (C=O) groups is 1. The van der Waals surface area contributed by atoms with Gasteiger partial charge in [-0.3, -0.25) is 4.79 Å². The minimum atomic E-state index is -0.995. The van der Waals surface area contributed by atoms with Crippen LogP contribution in [0.1, 0.15) is 61.7 Å². The molecule has 0 saturated heterocycles. The first-order chi connectivity index (χ1) is 15.2. The summed E-state index contributed by atoms with van der Waals surface area (Å²) in [7, 11) is 0. The highest BCUT2D eigenvalue weighted by Crippen LogP contribution is 2.42. The van der Waals surface area contributed by atoms with E-state index in [0.717, 1.165) is 27.4 Å². The lowest BCUT2D eigenvalue weighted by atomic mass is 9.79. The number of anilines is 2. The number of carbonyl (C=O) groups excluding carboxylic acids is 1. The summed E-state index contributed by atoms with van der Waals surface area (Å²) in [5, 5.41) is 15.2. The topological polar surface area (TPSA) is 114 Å². The molecule has 4 N–H and O–H groups in total. The minimum absolute atomic E-state index is 0.156. The van der Waals surface area contributed by atoms with Crippen molar-refractivity contribution in [1.82, 2.24) is 15.0 Å². The first-order valence-electron chi connectivity index (χ1n) is 10.9. The zero-order valence-corrected chi connectivity index (χ0v) is 19.4. The van der Waals surface area contributed by atoms with Crippen LogP contribution in [0, 0.1) is 12.8 Å². The number of nitrogens with one attached hydrogen (secondary N) is 1. The van der Waals surface area contributed by atoms with Gasteiger partial charge in [-0.25, -0.2) is 15.0 Å². The molecule has 1 amide bonds. The Morgan fingerprint density at radius 1 is 1.25 bits per heavy atom. The largest absolute Gasteiger partial charge is 0.383 e. The molecule has 0 bridgehead atoms. The maximum absolute atomic E-state index is 11.5. The van der Waals surface area contributed by atoms with E-state index in [4.69, 9.17) is 5.73 Å². The second kappa shape index (κ2) is 8.96. The molecule has 1 saturated carbocycles. The Morgan fingerprint density at radius 3 is 2.69 bits per heavy atom. The van der Waals surface area contributed by atoms with Crippen LogP contribution in [0.2, 0.25) is 0 Å². The lowest BCUT2D eigenvalue weighted by molar-refractivity contribution is -0.124. The van der Waals surface area contributed by atoms with Gasteiger partial charge in [-0.15, -0.1) is 11.3 Å². The van der Waals surface area contributed by atoms with Crippen molar-refractivity contribution >= 4 is 28.9 Å². The highest BCUT2D eigenvalue weighted by Gasteiger charge is 2.38. The van der Waals surface area contributed by atoms with E-state index in [9.17, 15) is 9.90 Å². The molecule has 0 unspecified atom stereocenters. The Labute approximate surface area is 192 Å². The minimum Gasteiger partial charge on any atom is -0.383 e. The van der Waals surface area contributed by atoms with Crippen molar-refractivity contribution in [1.29, 1.82) is 0 Å². The van der Waals surface area contributed by atoms with E-state index in [1.165, 1.54) is 11.3 Å². The summed E-state index contributed by atoms with van der Waals surface area (Å²) in [4.78, 5) is 25.9. The number of hydrogen-bond donors (Lipinski definition) is 3. The van der Waals surface area contributed by atoms with Gasteiger partial charge in [0.05, 0.1) is 4.88 Å². The van der Waals surface area contributed by atoms with E-state index < -0.39 is 5.60 Å². The molecule has 8 heteroatoms. The van der Waals surface area contributed by atoms with E-state index in [2.05, 4.69) is 46.2 Å². The van der Waals surface area contributed by atoms with Crippen LogP contribution in [-0.2, 0) is 10.4 Å². The predicted octanol–water partition coefficient (Wildman–Crippen LogP) is 4.64. The maximum atomic E-state index is 11.5. The molecule has 0 atom stereocenters. The van der Waals surface area contributed by atoms with Crippen LogP contribution >= 0.6 is 11.3 Å². The van der Waals surface area contributed by atoms with Gasteiger partial charge in [0.2, 0.25) is 11.9 Å². The molecule has 0 aliphatic heterocycles. The van der Waals surface area contributed by atoms with Gasteiger partial charge in [0.25, 0.3) is 0 Å². The first kappa shape index (κ1) is 22.4. The number of aromatic nitrogens is 3. The number of aryl methyl sites for hydroxylation is 1. The number of nitrogens with two attached hydrogens (primary N) is 1. The van der Waals surface area contributed by atoms with Gasteiger partial charge in [-0.05, 0) is 67.9 Å². The monoisotopic (exact) mass is 451 g/mol. The Morgan fingerprint density at radius 2 is 2.00 bits per heavy atom. The van der Waals surface area contributed by atoms with Gasteiger partial charge in [0.15, 0.2) is 0 Å². The van der Waals surface area contributed by atoms with Gasteiger partial charge in [-0.1, -0.05) is 19.9 Å². The van der Waals surface area contributed by atoms with Gasteiger partial charge in [0, 0.05) is 29.7 Å². The van der Waals surface area contributed by atoms with Gasteiger partial charge in [0.1, 0.15) is 10.6 Å². The summed E-state index contributed by atoms with van der Waals surface area (Å²) in [5.41, 5.74) is 8.44. The third-order valence-corrected chi connectivity index (χ3v) is 7.25. The fraction of sp³-hybridized carbons (Fsp3) is 0.417. The molecule has 2 heterocycles. The number of rotatable bonds is 6. The zero-order chi connectivity index (χ0) is 22.9. The Bertz CT molecular complexity index is 1120. The van der Waals surface area contributed by atoms with Crippen molar-refractivity contribution < 1.29 is 9.90 Å². The number of primary amides is 1. The molecule has 168 valence electrons. The molecule has 0 spiro atoms. The second-order valence-electron chi connectivity index (χ2n) is 8.91. The Kier molecular flexibility index (Phi) is 6.26. The van der Waals surface area contributed by atoms with Crippen LogP contribution in [0.5, 0.6) is 0 Å². The van der Waals surface area contributed by atoms with E-state index in [1.54, 1.807) is 6.20 Å². The lowest BCUT2D eigenvalue weighted by Crippen LogP contribution is -2.35. The highest BCUT2D eigenvalue weighted by molar-refractivity contribution is 7.15. The molecule has 0 radical (unpaired) electrons. The van der Waals surface area contributed by atoms with Crippen LogP contribution in [0.4, 0.5) is 11.6 Å². The highest BCUT2D eigenvalue weighted by atomic mass is 32.1. The van der Waals surface area contributed by atoms with E-state index >= 15 is 0 Å². The van der Waals surface area contributed by atoms with E-state index in [1.807, 2.05) is 25.3 Å². The molecule has 4 rings (SSSR count). The first-order valence-corrected chi connectivity index (χ1v) is 11.8. The number of thiazole rings is 1. The van der Waals surface area contributed by atoms with Crippen LogP contribution in [-0.4, -0.2) is 26.0 Å². The third kappa shape index (κ3) is 4.81. The average molecular weight is 452 g/mol. The standard InChI is InChI=1S/C24H29N5O2S/c1-14(2)19-6-9-26-23(29-19)28-18-11-15(3)10-17(12-18)20-13-27-22(32-20)24(31)7-4-16(5-8-24)21(25)30/h6,9-14,16,31H,4-5,7-8H2,1-3H3,(H2,25,30)(H,26,28,29)/t16-,24+. The number of amides is 1. The Hall–Kier alpha value is -2.84. The normalized spacial score (nSPS) is 21.0. The van der Waals surface area contributed by atoms with Crippen LogP contribution in [0.25, 0.3) is 10.4 Å². The summed E-state index contributed by atoms with van der Waals surface area (Å²) >= 11 is 1.49. The molecule has 1 aliphatic carbocycles. The zero-order valence-electron chi connectivity index (χ0n) is 18.6. The van der Waals surface area contributed by atoms with Crippen LogP contribution < -0.4 is 11.1 Å². The molecule has 1 aliphatic rings. The smallest absolute Gasteiger partial charge is 0.227 e. The quantitative estimate of drug-likeness (QED) is 0.503. The Balaban J connectivity index is 1.55. The molecule has 2 aromatic heterocycles. The number of benzene rings is 1. The van der Waals surface area contributed by atoms with Crippen LogP contribution in [0.3, 0.4) is 0 Å². The van der Waals surface area contributed by atoms with Gasteiger partial charge < -0.3 is 16.2 Å². The second-order valence-corrected chi connectivity index (χ2v) is 9.94. The van der Waals surface area contributed by atoms with Gasteiger partial charge in [-0.2, -0.15) is 0 Å². The predicted molar refractivity (Wildman–Crippen MR) is 127 cm³/mol. The molecule has 1 aromatic carbocycles. The van der Waals surface area contributed by atoms with Crippen molar-refractivity contribution in [2.45, 2.75) is 58.0 Å². The fourth-order valence-electron chi connectivity index (χ4n) is 4.10. The van der Waals surface area contributed by atoms with Crippen LogP contribution in [0.15, 0.2) is 36.7 Å². The lowest BCUT2D eigenvalue weighted by Gasteiger charge is -2.33. The average Bonchev–Trinajstić information content (AvgIpc) is 3.25. The van der Waals surface area contributed by atoms with E-state index in [-0.39, 0.29) is 11.8 Å². The molecular formula is C24H29N5O2S. The van der Waals surface area contributed by atoms with Crippen molar-refractivity contribution in [3.8, 4) is 10.4 Å². The number of hydrogen-bond acceptors (Lipinski definition) is 7. The number of aliphatic hydroxyl groups is 1. The van der Waals surface area contributed by atoms with Gasteiger partial charge >= 0.3 is 0 Å². The summed E-state index contributed by atoms with van der Waals surface area (Å²) in [5.74, 6) is 0.454. The molecular weight excluding hydrogens is 422 g/mol. The maximum Gasteiger partial charge on any atom is 0.227 e. The van der Waals surface area contributed by atoms with Crippen molar-refractivity contribution in [3.63, 3.8) is 0 Å². The van der Waals surface area contributed by atoms with Crippen molar-refractivity contribution in [2.75, 3.05) is 5.32 Å². The number of nitrogens with zero attached hydrogens (tertiary/aromatic N) is 3. The van der Waals surface area contributed by atoms with Crippen molar-refractivity contribution in [2.24, 2.45) is 11.7 Å². The van der Waals surface area contributed by atoms with E-state index in [0.29, 0.717) is 42.6 Å². The molecule has 3 aromatic rings. The molecule has 32 heavy (non-hydrogen) atoms. The SMILES string of the molecule is Cc1cc(Nc2nccc(C(C)C)n2)cc(-c2cnc([C@]3(O)CC[C@@H](C(N)=O)CC3)s2)c1. The fourth-order valence-corrected chi connectivity index (χ4v) is 5.15. The third-order valence-electron chi connectivity index (χ3n) is 6.01. The van der Waals surface area contributed by atoms with Crippen molar-refractivity contribution in [3.05, 3.63) is 52.9 Å². The summed E-state index contributed by atoms with van der Waals surface area (Å²) in [6.07, 6.45) is 5.76. The molecule has 7 nitrogen and oxygen atoms in total. The summed E-state index contributed by atoms with van der Waals surface area (Å²) in [6.45, 7) is 6.25. The summed E-state index contributed by atoms with van der Waals surface area (Å²) in [6, 6.07) is 8.12. The summed E-state index contributed by atoms with van der Waals surface area (Å²) < 4.78 is 0. The molecule has 1 fully saturated rings.